The lowest BCUT2D eigenvalue weighted by Gasteiger charge is -2.23. The highest BCUT2D eigenvalue weighted by atomic mass is 15.2. The van der Waals surface area contributed by atoms with E-state index in [-0.39, 0.29) is 0 Å². The van der Waals surface area contributed by atoms with Crippen molar-refractivity contribution in [3.63, 3.8) is 0 Å². The normalized spacial score (nSPS) is 18.7. The molecule has 1 saturated heterocycles. The van der Waals surface area contributed by atoms with Gasteiger partial charge in [-0.1, -0.05) is 0 Å². The number of aromatic nitrogens is 2. The largest absolute Gasteiger partial charge is 0.338 e. The molecule has 0 aliphatic carbocycles. The third-order valence-corrected chi connectivity index (χ3v) is 3.65. The van der Waals surface area contributed by atoms with Crippen molar-refractivity contribution in [2.45, 2.75) is 32.2 Å². The number of nitrogens with one attached hydrogen (secondary N) is 1. The van der Waals surface area contributed by atoms with Crippen LogP contribution in [0.15, 0.2) is 12.4 Å². The van der Waals surface area contributed by atoms with E-state index in [2.05, 4.69) is 33.7 Å². The number of nitrogens with zero attached hydrogens (tertiary/aromatic N) is 3. The van der Waals surface area contributed by atoms with Crippen molar-refractivity contribution in [2.24, 2.45) is 7.05 Å². The molecule has 1 aromatic heterocycles. The van der Waals surface area contributed by atoms with Crippen LogP contribution in [0.4, 0.5) is 0 Å². The van der Waals surface area contributed by atoms with E-state index in [4.69, 9.17) is 0 Å². The summed E-state index contributed by atoms with van der Waals surface area (Å²) in [6.45, 7) is 6.98. The fraction of sp³-hybridized carbons (Fsp3) is 0.769. The van der Waals surface area contributed by atoms with Gasteiger partial charge in [0.2, 0.25) is 0 Å². The van der Waals surface area contributed by atoms with Crippen molar-refractivity contribution in [3.05, 3.63) is 18.2 Å². The van der Waals surface area contributed by atoms with Crippen LogP contribution in [-0.4, -0.2) is 46.7 Å². The van der Waals surface area contributed by atoms with Gasteiger partial charge in [0.05, 0.1) is 0 Å². The summed E-state index contributed by atoms with van der Waals surface area (Å²) in [7, 11) is 2.05. The van der Waals surface area contributed by atoms with Crippen molar-refractivity contribution in [1.82, 2.24) is 19.8 Å². The average molecular weight is 236 g/mol. The van der Waals surface area contributed by atoms with Gasteiger partial charge in [0.25, 0.3) is 0 Å². The number of aryl methyl sites for hydroxylation is 1. The molecule has 96 valence electrons. The summed E-state index contributed by atoms with van der Waals surface area (Å²) in [4.78, 5) is 6.90. The van der Waals surface area contributed by atoms with Gasteiger partial charge in [-0.25, -0.2) is 4.98 Å². The Bertz CT molecular complexity index is 328. The quantitative estimate of drug-likeness (QED) is 0.749. The van der Waals surface area contributed by atoms with Crippen molar-refractivity contribution >= 4 is 0 Å². The average Bonchev–Trinajstić information content (AvgIpc) is 2.96. The van der Waals surface area contributed by atoms with Gasteiger partial charge < -0.3 is 9.88 Å². The van der Waals surface area contributed by atoms with E-state index < -0.39 is 0 Å². The molecular formula is C13H24N4. The lowest BCUT2D eigenvalue weighted by atomic mass is 10.3. The highest BCUT2D eigenvalue weighted by molar-refractivity contribution is 4.91. The smallest absolute Gasteiger partial charge is 0.109 e. The summed E-state index contributed by atoms with van der Waals surface area (Å²) in [6, 6.07) is 0.666. The van der Waals surface area contributed by atoms with Crippen LogP contribution in [0.2, 0.25) is 0 Å². The Labute approximate surface area is 104 Å². The fourth-order valence-corrected chi connectivity index (χ4v) is 2.46. The topological polar surface area (TPSA) is 33.1 Å². The molecule has 1 aromatic rings. The van der Waals surface area contributed by atoms with Crippen molar-refractivity contribution in [3.8, 4) is 0 Å². The second kappa shape index (κ2) is 6.17. The van der Waals surface area contributed by atoms with Gasteiger partial charge in [-0.15, -0.1) is 0 Å². The number of rotatable bonds is 6. The van der Waals surface area contributed by atoms with E-state index >= 15 is 0 Å². The van der Waals surface area contributed by atoms with Crippen molar-refractivity contribution < 1.29 is 0 Å². The molecule has 0 radical (unpaired) electrons. The van der Waals surface area contributed by atoms with Crippen LogP contribution in [-0.2, 0) is 13.5 Å². The predicted molar refractivity (Wildman–Crippen MR) is 70.1 cm³/mol. The Balaban J connectivity index is 1.61. The van der Waals surface area contributed by atoms with Gasteiger partial charge in [0.1, 0.15) is 5.82 Å². The standard InChI is InChI=1S/C13H24N4/c1-12(17-8-3-4-9-17)11-14-6-5-13-15-7-10-16(13)2/h7,10,12,14H,3-6,8-9,11H2,1-2H3. The van der Waals surface area contributed by atoms with Crippen LogP contribution in [0.1, 0.15) is 25.6 Å². The van der Waals surface area contributed by atoms with Gasteiger partial charge in [-0.3, -0.25) is 4.90 Å². The maximum Gasteiger partial charge on any atom is 0.109 e. The zero-order valence-electron chi connectivity index (χ0n) is 11.0. The van der Waals surface area contributed by atoms with Crippen LogP contribution in [0.3, 0.4) is 0 Å². The Morgan fingerprint density at radius 3 is 2.82 bits per heavy atom. The Kier molecular flexibility index (Phi) is 4.57. The SMILES string of the molecule is CC(CNCCc1nccn1C)N1CCCC1. The van der Waals surface area contributed by atoms with Gasteiger partial charge in [0, 0.05) is 45.0 Å². The number of likely N-dealkylation sites (tertiary alicyclic amines) is 1. The summed E-state index contributed by atoms with van der Waals surface area (Å²) < 4.78 is 2.09. The summed E-state index contributed by atoms with van der Waals surface area (Å²) in [5.74, 6) is 1.16. The number of hydrogen-bond donors (Lipinski definition) is 1. The molecule has 1 aliphatic rings. The van der Waals surface area contributed by atoms with E-state index in [0.717, 1.165) is 25.3 Å². The third kappa shape index (κ3) is 3.54. The number of imidazole rings is 1. The van der Waals surface area contributed by atoms with Gasteiger partial charge in [-0.2, -0.15) is 0 Å². The minimum atomic E-state index is 0.666. The molecule has 0 amide bonds. The summed E-state index contributed by atoms with van der Waals surface area (Å²) in [5.41, 5.74) is 0. The lowest BCUT2D eigenvalue weighted by molar-refractivity contribution is 0.252. The Hall–Kier alpha value is -0.870. The minimum absolute atomic E-state index is 0.666. The van der Waals surface area contributed by atoms with E-state index in [1.807, 2.05) is 12.4 Å². The first kappa shape index (κ1) is 12.6. The molecule has 2 heterocycles. The predicted octanol–water partition coefficient (Wildman–Crippen LogP) is 1.04. The second-order valence-corrected chi connectivity index (χ2v) is 5.00. The van der Waals surface area contributed by atoms with Crippen LogP contribution < -0.4 is 5.32 Å². The van der Waals surface area contributed by atoms with Crippen LogP contribution in [0.5, 0.6) is 0 Å². The zero-order valence-corrected chi connectivity index (χ0v) is 11.0. The molecule has 0 aromatic carbocycles. The van der Waals surface area contributed by atoms with Crippen LogP contribution >= 0.6 is 0 Å². The maximum atomic E-state index is 4.32. The molecule has 1 N–H and O–H groups in total. The van der Waals surface area contributed by atoms with Crippen molar-refractivity contribution in [2.75, 3.05) is 26.2 Å². The lowest BCUT2D eigenvalue weighted by Crippen LogP contribution is -2.39. The van der Waals surface area contributed by atoms with Crippen LogP contribution in [0, 0.1) is 0 Å². The highest BCUT2D eigenvalue weighted by Crippen LogP contribution is 2.10. The zero-order chi connectivity index (χ0) is 12.1. The van der Waals surface area contributed by atoms with Crippen molar-refractivity contribution in [1.29, 1.82) is 0 Å². The second-order valence-electron chi connectivity index (χ2n) is 5.00. The Morgan fingerprint density at radius 2 is 2.18 bits per heavy atom. The molecule has 4 nitrogen and oxygen atoms in total. The van der Waals surface area contributed by atoms with E-state index in [9.17, 15) is 0 Å². The number of hydrogen-bond acceptors (Lipinski definition) is 3. The molecule has 2 rings (SSSR count). The van der Waals surface area contributed by atoms with Gasteiger partial charge >= 0.3 is 0 Å². The first-order chi connectivity index (χ1) is 8.27. The monoisotopic (exact) mass is 236 g/mol. The first-order valence-electron chi connectivity index (χ1n) is 6.68. The van der Waals surface area contributed by atoms with E-state index in [0.29, 0.717) is 6.04 Å². The molecular weight excluding hydrogens is 212 g/mol. The van der Waals surface area contributed by atoms with Gasteiger partial charge in [-0.05, 0) is 32.9 Å². The molecule has 0 bridgehead atoms. The highest BCUT2D eigenvalue weighted by Gasteiger charge is 2.17. The van der Waals surface area contributed by atoms with Crippen LogP contribution in [0.25, 0.3) is 0 Å². The molecule has 1 fully saturated rings. The molecule has 0 spiro atoms. The first-order valence-corrected chi connectivity index (χ1v) is 6.68. The summed E-state index contributed by atoms with van der Waals surface area (Å²) in [5, 5.41) is 3.53. The summed E-state index contributed by atoms with van der Waals surface area (Å²) >= 11 is 0. The molecule has 4 heteroatoms. The van der Waals surface area contributed by atoms with E-state index in [1.165, 1.54) is 25.9 Å². The molecule has 1 atom stereocenters. The maximum absolute atomic E-state index is 4.32. The molecule has 17 heavy (non-hydrogen) atoms. The Morgan fingerprint density at radius 1 is 1.41 bits per heavy atom. The molecule has 0 saturated carbocycles. The van der Waals surface area contributed by atoms with Gasteiger partial charge in [0.15, 0.2) is 0 Å². The third-order valence-electron chi connectivity index (χ3n) is 3.65. The fourth-order valence-electron chi connectivity index (χ4n) is 2.46. The minimum Gasteiger partial charge on any atom is -0.338 e. The van der Waals surface area contributed by atoms with E-state index in [1.54, 1.807) is 0 Å². The summed E-state index contributed by atoms with van der Waals surface area (Å²) in [6.07, 6.45) is 7.62. The molecule has 1 unspecified atom stereocenters. The molecule has 1 aliphatic heterocycles.